The van der Waals surface area contributed by atoms with Gasteiger partial charge in [-0.05, 0) is 22.4 Å². The average molecular weight is 795 g/mol. The van der Waals surface area contributed by atoms with Gasteiger partial charge in [0.05, 0.1) is 12.9 Å². The second kappa shape index (κ2) is 14.2. The smallest absolute Gasteiger partial charge is 0.280 e. The SMILES string of the molecule is Nc1ncnc2c1ncn2[C@@H]1O[C@H](COP(=O)([O-])OP(=O)([O-])OP(=O)([O-])OP(=O)([O-])Cc2ccccc2)[C@@H]2OC(c3ccc4ccccc4c3)OC21. The molecule has 2 aliphatic rings. The molecule has 9 atom stereocenters. The Labute approximate surface area is 293 Å². The van der Waals surface area contributed by atoms with Crippen LogP contribution in [0.5, 0.6) is 0 Å². The fourth-order valence-corrected chi connectivity index (χ4v) is 11.1. The number of fused-ring (bicyclic) bond motifs is 3. The van der Waals surface area contributed by atoms with Crippen molar-refractivity contribution in [2.24, 2.45) is 0 Å². The molecule has 6 unspecified atom stereocenters. The van der Waals surface area contributed by atoms with Crippen molar-refractivity contribution in [3.8, 4) is 0 Å². The number of nitrogens with two attached hydrogens (primary N) is 1. The Morgan fingerprint density at radius 3 is 2.19 bits per heavy atom. The van der Waals surface area contributed by atoms with Crippen molar-refractivity contribution in [3.63, 3.8) is 0 Å². The lowest BCUT2D eigenvalue weighted by Crippen LogP contribution is -2.32. The standard InChI is InChI=1S/C28H29N5O15P4/c29-25-22-26(31-15-30-25)33(16-32-22)27-24-23(44-28(45-24)20-11-10-18-8-4-5-9-19(18)12-20)21(43-27)13-42-50(36,37)47-52(40,41)48-51(38,39)46-49(34,35)14-17-6-2-1-3-7-17/h1-12,15-16,21,23-24,27-28H,13-14H2,(H,34,35)(H,36,37)(H,38,39)(H,40,41)(H2,29,30,31)/p-4/t21-,23+,24?,27-,28?/m1/s1. The molecule has 0 amide bonds. The molecule has 7 rings (SSSR count). The van der Waals surface area contributed by atoms with Crippen LogP contribution in [-0.2, 0) is 56.1 Å². The van der Waals surface area contributed by atoms with Crippen LogP contribution in [-0.4, -0.2) is 44.4 Å². The maximum Gasteiger partial charge on any atom is 0.280 e. The molecule has 0 aliphatic carbocycles. The first-order valence-electron chi connectivity index (χ1n) is 15.0. The van der Waals surface area contributed by atoms with Crippen molar-refractivity contribution in [1.82, 2.24) is 19.5 Å². The van der Waals surface area contributed by atoms with E-state index in [4.69, 9.17) is 24.5 Å². The van der Waals surface area contributed by atoms with E-state index in [1.165, 1.54) is 41.5 Å². The lowest BCUT2D eigenvalue weighted by molar-refractivity contribution is -0.252. The number of phosphoric acid groups is 3. The van der Waals surface area contributed by atoms with E-state index in [0.717, 1.165) is 10.8 Å². The number of hydrogen-bond acceptors (Lipinski definition) is 19. The van der Waals surface area contributed by atoms with Gasteiger partial charge in [-0.2, -0.15) is 0 Å². The lowest BCUT2D eigenvalue weighted by Gasteiger charge is -2.36. The molecule has 20 nitrogen and oxygen atoms in total. The molecule has 4 heterocycles. The Bertz CT molecular complexity index is 2320. The Balaban J connectivity index is 1.06. The number of phosphoric ester groups is 1. The Kier molecular flexibility index (Phi) is 10.1. The molecule has 0 radical (unpaired) electrons. The maximum absolute atomic E-state index is 12.6. The van der Waals surface area contributed by atoms with Crippen LogP contribution in [0.1, 0.15) is 23.6 Å². The molecule has 0 spiro atoms. The summed E-state index contributed by atoms with van der Waals surface area (Å²) < 4.78 is 85.6. The van der Waals surface area contributed by atoms with Crippen molar-refractivity contribution in [2.75, 3.05) is 12.3 Å². The molecule has 2 aliphatic heterocycles. The monoisotopic (exact) mass is 795 g/mol. The number of nitrogens with zero attached hydrogens (tertiary/aromatic N) is 4. The minimum absolute atomic E-state index is 0.0757. The van der Waals surface area contributed by atoms with Gasteiger partial charge >= 0.3 is 0 Å². The van der Waals surface area contributed by atoms with Crippen LogP contribution < -0.4 is 25.3 Å². The zero-order valence-corrected chi connectivity index (χ0v) is 29.7. The zero-order valence-electron chi connectivity index (χ0n) is 26.2. The minimum Gasteiger partial charge on any atom is -0.778 e. The summed E-state index contributed by atoms with van der Waals surface area (Å²) in [7, 11) is -23.9. The predicted molar refractivity (Wildman–Crippen MR) is 170 cm³/mol. The van der Waals surface area contributed by atoms with Gasteiger partial charge in [-0.1, -0.05) is 66.7 Å². The van der Waals surface area contributed by atoms with Crippen LogP contribution in [0.15, 0.2) is 85.5 Å². The second-order valence-electron chi connectivity index (χ2n) is 11.4. The maximum atomic E-state index is 12.6. The van der Waals surface area contributed by atoms with Crippen LogP contribution in [0.2, 0.25) is 0 Å². The second-order valence-corrected chi connectivity index (χ2v) is 17.9. The van der Waals surface area contributed by atoms with E-state index >= 15 is 0 Å². The lowest BCUT2D eigenvalue weighted by atomic mass is 10.1. The predicted octanol–water partition coefficient (Wildman–Crippen LogP) is 2.17. The normalized spacial score (nSPS) is 26.3. The molecule has 0 bridgehead atoms. The molecule has 0 saturated carbocycles. The number of hydrogen-bond donors (Lipinski definition) is 1. The van der Waals surface area contributed by atoms with Gasteiger partial charge in [0.15, 0.2) is 24.0 Å². The number of aromatic nitrogens is 4. The van der Waals surface area contributed by atoms with E-state index in [-0.39, 0.29) is 22.5 Å². The quantitative estimate of drug-likeness (QED) is 0.167. The fraction of sp³-hybridized carbons (Fsp3) is 0.250. The van der Waals surface area contributed by atoms with Crippen LogP contribution in [0.25, 0.3) is 21.9 Å². The highest BCUT2D eigenvalue weighted by Crippen LogP contribution is 2.67. The molecule has 2 N–H and O–H groups in total. The molecule has 2 saturated heterocycles. The van der Waals surface area contributed by atoms with Crippen molar-refractivity contribution in [1.29, 1.82) is 0 Å². The number of imidazole rings is 1. The molecular weight excluding hydrogens is 770 g/mol. The van der Waals surface area contributed by atoms with E-state index in [1.807, 2.05) is 36.4 Å². The average Bonchev–Trinajstić information content (AvgIpc) is 3.77. The van der Waals surface area contributed by atoms with Crippen LogP contribution in [0, 0.1) is 0 Å². The molecule has 2 aromatic heterocycles. The summed E-state index contributed by atoms with van der Waals surface area (Å²) >= 11 is 0. The first-order valence-corrected chi connectivity index (χ1v) is 21.1. The molecule has 2 fully saturated rings. The van der Waals surface area contributed by atoms with Gasteiger partial charge in [-0.3, -0.25) is 22.6 Å². The topological polar surface area (TPSA) is 295 Å². The third-order valence-corrected chi connectivity index (χ3v) is 14.0. The van der Waals surface area contributed by atoms with Crippen molar-refractivity contribution < 1.29 is 69.5 Å². The first-order chi connectivity index (χ1) is 24.6. The van der Waals surface area contributed by atoms with Crippen LogP contribution in [0.3, 0.4) is 0 Å². The highest BCUT2D eigenvalue weighted by atomic mass is 31.3. The van der Waals surface area contributed by atoms with E-state index < -0.39 is 74.7 Å². The molecule has 24 heteroatoms. The van der Waals surface area contributed by atoms with Crippen LogP contribution >= 0.6 is 31.1 Å². The van der Waals surface area contributed by atoms with E-state index in [9.17, 15) is 37.8 Å². The van der Waals surface area contributed by atoms with Crippen molar-refractivity contribution in [2.45, 2.75) is 37.0 Å². The number of benzene rings is 3. The van der Waals surface area contributed by atoms with E-state index in [2.05, 4.69) is 27.9 Å². The zero-order chi connectivity index (χ0) is 36.9. The minimum atomic E-state index is -6.39. The first kappa shape index (κ1) is 37.1. The molecule has 5 aromatic rings. The number of rotatable bonds is 13. The Morgan fingerprint density at radius 1 is 0.750 bits per heavy atom. The van der Waals surface area contributed by atoms with Crippen molar-refractivity contribution >= 4 is 58.8 Å². The summed E-state index contributed by atoms with van der Waals surface area (Å²) in [5.74, 6) is 0.0757. The van der Waals surface area contributed by atoms with E-state index in [0.29, 0.717) is 5.56 Å². The van der Waals surface area contributed by atoms with Gasteiger partial charge in [-0.25, -0.2) is 23.6 Å². The molecule has 3 aromatic carbocycles. The number of ether oxygens (including phenoxy) is 3. The summed E-state index contributed by atoms with van der Waals surface area (Å²) in [6.07, 6.45) is -3.71. The highest BCUT2D eigenvalue weighted by Gasteiger charge is 2.54. The third kappa shape index (κ3) is 8.27. The van der Waals surface area contributed by atoms with Gasteiger partial charge in [0.1, 0.15) is 37.8 Å². The number of nitrogen functional groups attached to an aromatic ring is 1. The summed E-state index contributed by atoms with van der Waals surface area (Å²) in [5, 5.41) is 1.85. The largest absolute Gasteiger partial charge is 0.778 e. The fourth-order valence-electron chi connectivity index (χ4n) is 5.71. The van der Waals surface area contributed by atoms with Crippen molar-refractivity contribution in [3.05, 3.63) is 96.6 Å². The van der Waals surface area contributed by atoms with Crippen LogP contribution in [0.4, 0.5) is 5.82 Å². The molecule has 52 heavy (non-hydrogen) atoms. The summed E-state index contributed by atoms with van der Waals surface area (Å²) in [6.45, 7) is -0.936. The summed E-state index contributed by atoms with van der Waals surface area (Å²) in [4.78, 5) is 61.7. The highest BCUT2D eigenvalue weighted by molar-refractivity contribution is 7.69. The van der Waals surface area contributed by atoms with Gasteiger partial charge in [-0.15, -0.1) is 0 Å². The Morgan fingerprint density at radius 2 is 1.42 bits per heavy atom. The summed E-state index contributed by atoms with van der Waals surface area (Å²) in [6, 6.07) is 20.2. The van der Waals surface area contributed by atoms with Gasteiger partial charge in [0.25, 0.3) is 23.5 Å². The van der Waals surface area contributed by atoms with Gasteiger partial charge < -0.3 is 48.6 Å². The van der Waals surface area contributed by atoms with E-state index in [1.54, 1.807) is 12.1 Å². The number of anilines is 1. The molecular formula is C28H25N5O15P4-4. The molecule has 276 valence electrons. The van der Waals surface area contributed by atoms with Gasteiger partial charge in [0.2, 0.25) is 0 Å². The van der Waals surface area contributed by atoms with Gasteiger partial charge in [0, 0.05) is 11.7 Å². The Hall–Kier alpha value is -3.25. The third-order valence-electron chi connectivity index (χ3n) is 7.79. The summed E-state index contributed by atoms with van der Waals surface area (Å²) in [5.41, 5.74) is 7.14.